The highest BCUT2D eigenvalue weighted by Crippen LogP contribution is 2.28. The molecule has 0 saturated carbocycles. The summed E-state index contributed by atoms with van der Waals surface area (Å²) in [4.78, 5) is 13.4. The van der Waals surface area contributed by atoms with Crippen LogP contribution >= 0.6 is 35.0 Å². The summed E-state index contributed by atoms with van der Waals surface area (Å²) in [6.07, 6.45) is 0. The number of hydrogen-bond donors (Lipinski definition) is 2. The highest BCUT2D eigenvalue weighted by Gasteiger charge is 2.08. The van der Waals surface area contributed by atoms with E-state index in [1.54, 1.807) is 18.2 Å². The number of aromatic nitrogens is 3. The van der Waals surface area contributed by atoms with Crippen LogP contribution in [0.4, 0.5) is 0 Å². The quantitative estimate of drug-likeness (QED) is 0.831. The molecule has 0 fully saturated rings. The number of benzene rings is 1. The summed E-state index contributed by atoms with van der Waals surface area (Å²) in [7, 11) is 0. The minimum atomic E-state index is -0.311. The molecular weight excluding hydrogens is 309 g/mol. The molecule has 1 aromatic heterocycles. The number of thioether (sulfide) groups is 1. The maximum absolute atomic E-state index is 10.9. The topological polar surface area (TPSA) is 70.8 Å². The average Bonchev–Trinajstić information content (AvgIpc) is 2.77. The first-order valence-electron chi connectivity index (χ1n) is 5.41. The van der Waals surface area contributed by atoms with Crippen LogP contribution in [0.3, 0.4) is 0 Å². The smallest absolute Gasteiger partial charge is 0.340 e. The third kappa shape index (κ3) is 4.19. The van der Waals surface area contributed by atoms with Crippen LogP contribution in [0.15, 0.2) is 23.0 Å². The molecule has 5 nitrogen and oxygen atoms in total. The molecule has 2 N–H and O–H groups in total. The number of aromatic amines is 2. The third-order valence-corrected chi connectivity index (χ3v) is 3.94. The van der Waals surface area contributed by atoms with Gasteiger partial charge in [0.15, 0.2) is 0 Å². The van der Waals surface area contributed by atoms with Gasteiger partial charge in [0.1, 0.15) is 17.0 Å². The number of hydrogen-bond acceptors (Lipinski definition) is 4. The van der Waals surface area contributed by atoms with E-state index in [9.17, 15) is 4.79 Å². The van der Waals surface area contributed by atoms with Gasteiger partial charge in [-0.25, -0.2) is 9.89 Å². The Morgan fingerprint density at radius 3 is 2.84 bits per heavy atom. The number of halogens is 2. The van der Waals surface area contributed by atoms with E-state index in [1.807, 2.05) is 6.92 Å². The number of ether oxygens (including phenoxy) is 1. The van der Waals surface area contributed by atoms with Gasteiger partial charge in [-0.2, -0.15) is 5.10 Å². The van der Waals surface area contributed by atoms with Crippen LogP contribution in [0.2, 0.25) is 10.0 Å². The Morgan fingerprint density at radius 2 is 2.21 bits per heavy atom. The molecule has 0 radical (unpaired) electrons. The van der Waals surface area contributed by atoms with Crippen molar-refractivity contribution in [3.05, 3.63) is 44.6 Å². The minimum absolute atomic E-state index is 0.113. The Hall–Kier alpha value is -1.11. The van der Waals surface area contributed by atoms with Gasteiger partial charge in [-0.3, -0.25) is 4.98 Å². The van der Waals surface area contributed by atoms with E-state index in [4.69, 9.17) is 27.9 Å². The van der Waals surface area contributed by atoms with Gasteiger partial charge < -0.3 is 4.74 Å². The second kappa shape index (κ2) is 6.36. The summed E-state index contributed by atoms with van der Waals surface area (Å²) >= 11 is 13.2. The number of nitrogens with one attached hydrogen (secondary N) is 2. The molecule has 0 amide bonds. The highest BCUT2D eigenvalue weighted by atomic mass is 35.5. The molecule has 8 heteroatoms. The lowest BCUT2D eigenvalue weighted by molar-refractivity contribution is 0.307. The molecule has 0 aliphatic heterocycles. The third-order valence-electron chi connectivity index (χ3n) is 2.20. The first-order valence-corrected chi connectivity index (χ1v) is 7.22. The van der Waals surface area contributed by atoms with E-state index >= 15 is 0 Å². The lowest BCUT2D eigenvalue weighted by atomic mass is 10.3. The maximum atomic E-state index is 10.9. The van der Waals surface area contributed by atoms with E-state index in [2.05, 4.69) is 15.2 Å². The summed E-state index contributed by atoms with van der Waals surface area (Å²) in [5.74, 6) is 1.77. The summed E-state index contributed by atoms with van der Waals surface area (Å²) in [6, 6.07) is 5.10. The molecule has 1 aromatic carbocycles. The zero-order chi connectivity index (χ0) is 13.8. The van der Waals surface area contributed by atoms with Gasteiger partial charge in [-0.15, -0.1) is 11.8 Å². The number of nitrogens with zero attached hydrogens (tertiary/aromatic N) is 1. The molecule has 19 heavy (non-hydrogen) atoms. The Balaban J connectivity index is 1.88. The van der Waals surface area contributed by atoms with E-state index in [1.165, 1.54) is 11.8 Å². The first kappa shape index (κ1) is 14.3. The molecule has 102 valence electrons. The summed E-state index contributed by atoms with van der Waals surface area (Å²) in [5.41, 5.74) is -0.425. The monoisotopic (exact) mass is 319 g/mol. The standard InChI is InChI=1S/C11H11Cl2N3O2S/c1-6(19-5-10-14-11(17)16-15-10)18-7-2-3-8(12)9(13)4-7/h2-4,6H,5H2,1H3,(H2,14,15,16,17). The molecule has 1 unspecified atom stereocenters. The van der Waals surface area contributed by atoms with Gasteiger partial charge in [-0.1, -0.05) is 23.2 Å². The second-order valence-corrected chi connectivity index (χ2v) is 5.80. The van der Waals surface area contributed by atoms with Crippen LogP contribution in [0.25, 0.3) is 0 Å². The molecule has 0 bridgehead atoms. The lowest BCUT2D eigenvalue weighted by Gasteiger charge is -2.13. The van der Waals surface area contributed by atoms with Crippen LogP contribution in [0.1, 0.15) is 12.7 Å². The van der Waals surface area contributed by atoms with Crippen molar-refractivity contribution >= 4 is 35.0 Å². The van der Waals surface area contributed by atoms with Crippen molar-refractivity contribution in [2.75, 3.05) is 0 Å². The van der Waals surface area contributed by atoms with Crippen LogP contribution in [0.5, 0.6) is 5.75 Å². The van der Waals surface area contributed by atoms with Crippen molar-refractivity contribution in [3.63, 3.8) is 0 Å². The van der Waals surface area contributed by atoms with Gasteiger partial charge in [0.2, 0.25) is 0 Å². The SMILES string of the molecule is CC(Oc1ccc(Cl)c(Cl)c1)SCc1n[nH]c(=O)[nH]1. The Labute approximate surface area is 123 Å². The van der Waals surface area contributed by atoms with Crippen molar-refractivity contribution < 1.29 is 4.74 Å². The number of rotatable bonds is 5. The lowest BCUT2D eigenvalue weighted by Crippen LogP contribution is -2.08. The Morgan fingerprint density at radius 1 is 1.42 bits per heavy atom. The van der Waals surface area contributed by atoms with Crippen molar-refractivity contribution in [1.82, 2.24) is 15.2 Å². The molecule has 0 spiro atoms. The highest BCUT2D eigenvalue weighted by molar-refractivity contribution is 7.98. The Bertz CT molecular complexity index is 614. The van der Waals surface area contributed by atoms with Crippen LogP contribution in [-0.4, -0.2) is 20.6 Å². The zero-order valence-corrected chi connectivity index (χ0v) is 12.3. The van der Waals surface area contributed by atoms with E-state index in [0.717, 1.165) is 0 Å². The molecule has 0 aliphatic carbocycles. The fourth-order valence-corrected chi connectivity index (χ4v) is 2.34. The van der Waals surface area contributed by atoms with Gasteiger partial charge in [0.25, 0.3) is 0 Å². The molecule has 1 heterocycles. The first-order chi connectivity index (χ1) is 9.04. The summed E-state index contributed by atoms with van der Waals surface area (Å²) in [6.45, 7) is 1.90. The maximum Gasteiger partial charge on any atom is 0.340 e. The molecule has 0 aliphatic rings. The summed E-state index contributed by atoms with van der Waals surface area (Å²) in [5, 5.41) is 7.06. The van der Waals surface area contributed by atoms with Crippen molar-refractivity contribution in [2.45, 2.75) is 18.1 Å². The van der Waals surface area contributed by atoms with Crippen molar-refractivity contribution in [2.24, 2.45) is 0 Å². The molecule has 0 saturated heterocycles. The van der Waals surface area contributed by atoms with Gasteiger partial charge in [0, 0.05) is 6.07 Å². The fourth-order valence-electron chi connectivity index (χ4n) is 1.35. The second-order valence-electron chi connectivity index (χ2n) is 3.70. The summed E-state index contributed by atoms with van der Waals surface area (Å²) < 4.78 is 5.67. The molecule has 1 atom stereocenters. The van der Waals surface area contributed by atoms with E-state index in [-0.39, 0.29) is 11.1 Å². The normalized spacial score (nSPS) is 12.4. The predicted octanol–water partition coefficient (Wildman–Crippen LogP) is 3.06. The van der Waals surface area contributed by atoms with Gasteiger partial charge >= 0.3 is 5.69 Å². The Kier molecular flexibility index (Phi) is 4.79. The fraction of sp³-hybridized carbons (Fsp3) is 0.273. The van der Waals surface area contributed by atoms with E-state index < -0.39 is 0 Å². The average molecular weight is 320 g/mol. The number of H-pyrrole nitrogens is 2. The molecule has 2 rings (SSSR count). The molecule has 2 aromatic rings. The van der Waals surface area contributed by atoms with Crippen LogP contribution in [0, 0.1) is 0 Å². The van der Waals surface area contributed by atoms with Gasteiger partial charge in [-0.05, 0) is 19.1 Å². The zero-order valence-electron chi connectivity index (χ0n) is 9.94. The van der Waals surface area contributed by atoms with Crippen LogP contribution in [-0.2, 0) is 5.75 Å². The predicted molar refractivity (Wildman–Crippen MR) is 77.1 cm³/mol. The van der Waals surface area contributed by atoms with Crippen molar-refractivity contribution in [1.29, 1.82) is 0 Å². The van der Waals surface area contributed by atoms with Crippen LogP contribution < -0.4 is 10.4 Å². The van der Waals surface area contributed by atoms with E-state index in [0.29, 0.717) is 27.4 Å². The molecular formula is C11H11Cl2N3O2S. The van der Waals surface area contributed by atoms with Crippen molar-refractivity contribution in [3.8, 4) is 5.75 Å². The largest absolute Gasteiger partial charge is 0.480 e. The minimum Gasteiger partial charge on any atom is -0.480 e. The van der Waals surface area contributed by atoms with Gasteiger partial charge in [0.05, 0.1) is 15.8 Å².